The summed E-state index contributed by atoms with van der Waals surface area (Å²) in [5, 5.41) is 9.79. The predicted octanol–water partition coefficient (Wildman–Crippen LogP) is 4.70. The van der Waals surface area contributed by atoms with Gasteiger partial charge in [0.05, 0.1) is 22.1 Å². The molecule has 0 saturated carbocycles. The summed E-state index contributed by atoms with van der Waals surface area (Å²) < 4.78 is 12.5. The zero-order valence-corrected chi connectivity index (χ0v) is 16.1. The largest absolute Gasteiger partial charge is 0.461 e. The summed E-state index contributed by atoms with van der Waals surface area (Å²) in [6.45, 7) is 2.76. The number of carbonyl (C=O) groups is 1. The third-order valence-electron chi connectivity index (χ3n) is 3.48. The fourth-order valence-corrected chi connectivity index (χ4v) is 3.35. The van der Waals surface area contributed by atoms with E-state index in [9.17, 15) is 4.79 Å². The second-order valence-electron chi connectivity index (χ2n) is 5.23. The van der Waals surface area contributed by atoms with Gasteiger partial charge >= 0.3 is 5.97 Å². The SMILES string of the molecule is CCn1c(SCC(=O)OCc2ccc(Cl)c(Cl)c2)nnc1-c1ccco1. The van der Waals surface area contributed by atoms with E-state index in [2.05, 4.69) is 10.2 Å². The van der Waals surface area contributed by atoms with Crippen molar-refractivity contribution >= 4 is 40.9 Å². The molecular weight excluding hydrogens is 397 g/mol. The van der Waals surface area contributed by atoms with E-state index in [1.165, 1.54) is 11.8 Å². The zero-order chi connectivity index (χ0) is 18.5. The molecule has 0 aliphatic carbocycles. The minimum absolute atomic E-state index is 0.123. The first kappa shape index (κ1) is 18.8. The van der Waals surface area contributed by atoms with Gasteiger partial charge in [-0.1, -0.05) is 41.0 Å². The topological polar surface area (TPSA) is 70.2 Å². The highest BCUT2D eigenvalue weighted by Crippen LogP contribution is 2.25. The Hall–Kier alpha value is -1.96. The second-order valence-corrected chi connectivity index (χ2v) is 6.98. The highest BCUT2D eigenvalue weighted by molar-refractivity contribution is 7.99. The number of esters is 1. The number of halogens is 2. The smallest absolute Gasteiger partial charge is 0.316 e. The van der Waals surface area contributed by atoms with Gasteiger partial charge in [0.15, 0.2) is 16.7 Å². The van der Waals surface area contributed by atoms with Gasteiger partial charge in [0.1, 0.15) is 6.61 Å². The molecule has 0 amide bonds. The van der Waals surface area contributed by atoms with Gasteiger partial charge in [0, 0.05) is 6.54 Å². The summed E-state index contributed by atoms with van der Waals surface area (Å²) in [5.74, 6) is 1.03. The first-order valence-corrected chi connectivity index (χ1v) is 9.52. The number of hydrogen-bond donors (Lipinski definition) is 0. The van der Waals surface area contributed by atoms with Gasteiger partial charge in [0.25, 0.3) is 0 Å². The molecule has 0 aliphatic heterocycles. The van der Waals surface area contributed by atoms with Gasteiger partial charge in [-0.15, -0.1) is 10.2 Å². The lowest BCUT2D eigenvalue weighted by molar-refractivity contribution is -0.141. The molecule has 0 bridgehead atoms. The Balaban J connectivity index is 1.57. The van der Waals surface area contributed by atoms with Crippen LogP contribution in [-0.2, 0) is 22.7 Å². The van der Waals surface area contributed by atoms with Crippen LogP contribution in [-0.4, -0.2) is 26.5 Å². The van der Waals surface area contributed by atoms with E-state index in [1.807, 2.05) is 17.6 Å². The highest BCUT2D eigenvalue weighted by Gasteiger charge is 2.16. The summed E-state index contributed by atoms with van der Waals surface area (Å²) in [5.41, 5.74) is 0.773. The quantitative estimate of drug-likeness (QED) is 0.414. The molecule has 0 aliphatic rings. The van der Waals surface area contributed by atoms with Crippen LogP contribution in [0.2, 0.25) is 10.0 Å². The van der Waals surface area contributed by atoms with E-state index in [0.29, 0.717) is 33.3 Å². The number of thioether (sulfide) groups is 1. The van der Waals surface area contributed by atoms with Crippen LogP contribution in [0.15, 0.2) is 46.2 Å². The van der Waals surface area contributed by atoms with Crippen LogP contribution in [0.5, 0.6) is 0 Å². The molecule has 0 saturated heterocycles. The van der Waals surface area contributed by atoms with Gasteiger partial charge in [-0.25, -0.2) is 0 Å². The molecule has 0 N–H and O–H groups in total. The number of nitrogens with zero attached hydrogens (tertiary/aromatic N) is 3. The fourth-order valence-electron chi connectivity index (χ4n) is 2.23. The van der Waals surface area contributed by atoms with Crippen molar-refractivity contribution in [2.24, 2.45) is 0 Å². The van der Waals surface area contributed by atoms with Gasteiger partial charge in [-0.05, 0) is 36.8 Å². The number of aromatic nitrogens is 3. The Kier molecular flexibility index (Phi) is 6.24. The van der Waals surface area contributed by atoms with Crippen molar-refractivity contribution in [1.29, 1.82) is 0 Å². The minimum atomic E-state index is -0.355. The first-order valence-electron chi connectivity index (χ1n) is 7.78. The van der Waals surface area contributed by atoms with Crippen molar-refractivity contribution in [2.75, 3.05) is 5.75 Å². The molecule has 9 heteroatoms. The van der Waals surface area contributed by atoms with Crippen LogP contribution in [0, 0.1) is 0 Å². The molecule has 136 valence electrons. The van der Waals surface area contributed by atoms with Crippen LogP contribution in [0.4, 0.5) is 0 Å². The summed E-state index contributed by atoms with van der Waals surface area (Å²) >= 11 is 13.1. The van der Waals surface area contributed by atoms with E-state index < -0.39 is 0 Å². The van der Waals surface area contributed by atoms with Crippen molar-refractivity contribution in [1.82, 2.24) is 14.8 Å². The average molecular weight is 412 g/mol. The standard InChI is InChI=1S/C17H15Cl2N3O3S/c1-2-22-16(14-4-3-7-24-14)20-21-17(22)26-10-15(23)25-9-11-5-6-12(18)13(19)8-11/h3-8H,2,9-10H2,1H3. The average Bonchev–Trinajstić information content (AvgIpc) is 3.29. The van der Waals surface area contributed by atoms with Crippen LogP contribution in [0.1, 0.15) is 12.5 Å². The van der Waals surface area contributed by atoms with Crippen LogP contribution in [0.3, 0.4) is 0 Å². The normalized spacial score (nSPS) is 10.9. The summed E-state index contributed by atoms with van der Waals surface area (Å²) in [6, 6.07) is 8.71. The van der Waals surface area contributed by atoms with E-state index in [1.54, 1.807) is 30.5 Å². The molecule has 0 spiro atoms. The molecule has 0 fully saturated rings. The molecule has 2 aromatic heterocycles. The van der Waals surface area contributed by atoms with Gasteiger partial charge in [0.2, 0.25) is 0 Å². The highest BCUT2D eigenvalue weighted by atomic mass is 35.5. The van der Waals surface area contributed by atoms with E-state index >= 15 is 0 Å². The number of ether oxygens (including phenoxy) is 1. The Labute approximate surface area is 164 Å². The molecule has 0 unspecified atom stereocenters. The van der Waals surface area contributed by atoms with E-state index in [-0.39, 0.29) is 18.3 Å². The molecule has 0 atom stereocenters. The fraction of sp³-hybridized carbons (Fsp3) is 0.235. The Bertz CT molecular complexity index is 897. The van der Waals surface area contributed by atoms with Gasteiger partial charge in [-0.3, -0.25) is 9.36 Å². The van der Waals surface area contributed by atoms with Crippen molar-refractivity contribution in [2.45, 2.75) is 25.2 Å². The van der Waals surface area contributed by atoms with Gasteiger partial charge < -0.3 is 9.15 Å². The Morgan fingerprint density at radius 1 is 1.27 bits per heavy atom. The summed E-state index contributed by atoms with van der Waals surface area (Å²) in [7, 11) is 0. The van der Waals surface area contributed by atoms with Crippen LogP contribution >= 0.6 is 35.0 Å². The predicted molar refractivity (Wildman–Crippen MR) is 100 cm³/mol. The number of hydrogen-bond acceptors (Lipinski definition) is 6. The molecule has 1 aromatic carbocycles. The lowest BCUT2D eigenvalue weighted by atomic mass is 10.2. The number of furan rings is 1. The van der Waals surface area contributed by atoms with Crippen LogP contribution < -0.4 is 0 Å². The molecule has 6 nitrogen and oxygen atoms in total. The molecular formula is C17H15Cl2N3O3S. The first-order chi connectivity index (χ1) is 12.6. The maximum atomic E-state index is 12.0. The second kappa shape index (κ2) is 8.62. The van der Waals surface area contributed by atoms with Gasteiger partial charge in [-0.2, -0.15) is 0 Å². The molecule has 0 radical (unpaired) electrons. The molecule has 3 aromatic rings. The number of benzene rings is 1. The molecule has 3 rings (SSSR count). The van der Waals surface area contributed by atoms with Crippen molar-refractivity contribution in [3.63, 3.8) is 0 Å². The van der Waals surface area contributed by atoms with E-state index in [0.717, 1.165) is 5.56 Å². The van der Waals surface area contributed by atoms with Crippen molar-refractivity contribution in [3.8, 4) is 11.6 Å². The lowest BCUT2D eigenvalue weighted by Gasteiger charge is -2.07. The third kappa shape index (κ3) is 4.41. The van der Waals surface area contributed by atoms with E-state index in [4.69, 9.17) is 32.4 Å². The lowest BCUT2D eigenvalue weighted by Crippen LogP contribution is -2.08. The molecule has 2 heterocycles. The maximum absolute atomic E-state index is 12.0. The summed E-state index contributed by atoms with van der Waals surface area (Å²) in [4.78, 5) is 12.0. The van der Waals surface area contributed by atoms with Crippen molar-refractivity contribution in [3.05, 3.63) is 52.2 Å². The Morgan fingerprint density at radius 3 is 2.81 bits per heavy atom. The molecule has 26 heavy (non-hydrogen) atoms. The number of rotatable bonds is 7. The van der Waals surface area contributed by atoms with Crippen molar-refractivity contribution < 1.29 is 13.9 Å². The zero-order valence-electron chi connectivity index (χ0n) is 13.8. The minimum Gasteiger partial charge on any atom is -0.461 e. The monoisotopic (exact) mass is 411 g/mol. The maximum Gasteiger partial charge on any atom is 0.316 e. The number of carbonyl (C=O) groups excluding carboxylic acids is 1. The summed E-state index contributed by atoms with van der Waals surface area (Å²) in [6.07, 6.45) is 1.58. The third-order valence-corrected chi connectivity index (χ3v) is 5.16. The Morgan fingerprint density at radius 2 is 2.12 bits per heavy atom. The van der Waals surface area contributed by atoms with Crippen LogP contribution in [0.25, 0.3) is 11.6 Å².